The average Bonchev–Trinajstić information content (AvgIpc) is 3.48. The summed E-state index contributed by atoms with van der Waals surface area (Å²) < 4.78 is 1.98. The van der Waals surface area contributed by atoms with E-state index in [1.54, 1.807) is 30.5 Å². The van der Waals surface area contributed by atoms with E-state index in [-0.39, 0.29) is 17.2 Å². The standard InChI is InChI=1S/C21H15ClN6O2S2/c1-11-18(28-8-6-12(22)9-16(28)25-11)15-10-24-21(32-15)27-17-5-4-14(31-17)20(30)26-13-3-2-7-23-19(13)29/h2-10H,1H3,(H,23,29)(H,24,27)(H,26,30). The Hall–Kier alpha value is -3.47. The minimum atomic E-state index is -0.351. The van der Waals surface area contributed by atoms with Gasteiger partial charge < -0.3 is 15.6 Å². The highest BCUT2D eigenvalue weighted by Gasteiger charge is 2.16. The normalized spacial score (nSPS) is 11.1. The molecule has 32 heavy (non-hydrogen) atoms. The number of aryl methyl sites for hydroxylation is 1. The lowest BCUT2D eigenvalue weighted by Crippen LogP contribution is -2.18. The van der Waals surface area contributed by atoms with Gasteiger partial charge in [-0.25, -0.2) is 9.97 Å². The molecular weight excluding hydrogens is 468 g/mol. The van der Waals surface area contributed by atoms with Crippen molar-refractivity contribution >= 4 is 61.6 Å². The number of halogens is 1. The number of pyridine rings is 2. The molecule has 3 N–H and O–H groups in total. The van der Waals surface area contributed by atoms with Crippen LogP contribution in [0.25, 0.3) is 16.2 Å². The number of carbonyl (C=O) groups is 1. The van der Waals surface area contributed by atoms with E-state index in [2.05, 4.69) is 25.6 Å². The van der Waals surface area contributed by atoms with Crippen molar-refractivity contribution in [2.24, 2.45) is 0 Å². The maximum atomic E-state index is 12.5. The number of nitrogens with one attached hydrogen (secondary N) is 3. The van der Waals surface area contributed by atoms with Crippen LogP contribution in [0.3, 0.4) is 0 Å². The minimum Gasteiger partial charge on any atom is -0.327 e. The van der Waals surface area contributed by atoms with E-state index in [0.717, 1.165) is 26.9 Å². The second kappa shape index (κ2) is 8.23. The first-order valence-electron chi connectivity index (χ1n) is 9.44. The van der Waals surface area contributed by atoms with E-state index in [1.165, 1.54) is 28.9 Å². The number of anilines is 3. The molecule has 5 heterocycles. The molecule has 0 bridgehead atoms. The lowest BCUT2D eigenvalue weighted by Gasteiger charge is -2.01. The van der Waals surface area contributed by atoms with Crippen LogP contribution in [0.4, 0.5) is 15.8 Å². The Labute approximate surface area is 194 Å². The third-order valence-electron chi connectivity index (χ3n) is 4.63. The SMILES string of the molecule is Cc1nc2cc(Cl)ccn2c1-c1cnc(Nc2ccc(C(=O)Nc3ccc[nH]c3=O)s2)s1. The molecule has 0 aliphatic rings. The lowest BCUT2D eigenvalue weighted by molar-refractivity contribution is 0.103. The minimum absolute atomic E-state index is 0.203. The smallest absolute Gasteiger partial charge is 0.271 e. The first-order valence-corrected chi connectivity index (χ1v) is 11.5. The molecule has 1 amide bonds. The highest BCUT2D eigenvalue weighted by molar-refractivity contribution is 7.20. The Morgan fingerprint density at radius 2 is 2.09 bits per heavy atom. The van der Waals surface area contributed by atoms with Crippen LogP contribution >= 0.6 is 34.3 Å². The molecule has 5 aromatic heterocycles. The van der Waals surface area contributed by atoms with Gasteiger partial charge in [-0.3, -0.25) is 14.0 Å². The number of H-pyrrole nitrogens is 1. The number of fused-ring (bicyclic) bond motifs is 1. The van der Waals surface area contributed by atoms with E-state index < -0.39 is 0 Å². The second-order valence-corrected chi connectivity index (χ2v) is 9.36. The number of rotatable bonds is 5. The van der Waals surface area contributed by atoms with Gasteiger partial charge in [0.2, 0.25) is 0 Å². The maximum Gasteiger partial charge on any atom is 0.271 e. The number of aromatic nitrogens is 4. The highest BCUT2D eigenvalue weighted by Crippen LogP contribution is 2.35. The topological polar surface area (TPSA) is 104 Å². The number of amides is 1. The Kier molecular flexibility index (Phi) is 5.25. The predicted molar refractivity (Wildman–Crippen MR) is 129 cm³/mol. The Bertz CT molecular complexity index is 1520. The van der Waals surface area contributed by atoms with E-state index in [1.807, 2.05) is 29.7 Å². The zero-order chi connectivity index (χ0) is 22.2. The summed E-state index contributed by atoms with van der Waals surface area (Å²) in [7, 11) is 0. The van der Waals surface area contributed by atoms with Gasteiger partial charge >= 0.3 is 0 Å². The summed E-state index contributed by atoms with van der Waals surface area (Å²) in [5.74, 6) is -0.348. The molecule has 5 rings (SSSR count). The van der Waals surface area contributed by atoms with E-state index >= 15 is 0 Å². The second-order valence-electron chi connectivity index (χ2n) is 6.80. The zero-order valence-electron chi connectivity index (χ0n) is 16.5. The van der Waals surface area contributed by atoms with Crippen molar-refractivity contribution in [3.8, 4) is 10.6 Å². The van der Waals surface area contributed by atoms with Crippen molar-refractivity contribution in [2.45, 2.75) is 6.92 Å². The molecule has 11 heteroatoms. The summed E-state index contributed by atoms with van der Waals surface area (Å²) in [6, 6.07) is 10.3. The lowest BCUT2D eigenvalue weighted by atomic mass is 10.3. The number of imidazole rings is 1. The molecular formula is C21H15ClN6O2S2. The van der Waals surface area contributed by atoms with Gasteiger partial charge in [-0.05, 0) is 37.3 Å². The number of carbonyl (C=O) groups excluding carboxylic acids is 1. The molecule has 0 atom stereocenters. The van der Waals surface area contributed by atoms with Crippen LogP contribution in [0.1, 0.15) is 15.4 Å². The van der Waals surface area contributed by atoms with Gasteiger partial charge in [0.25, 0.3) is 11.5 Å². The van der Waals surface area contributed by atoms with E-state index in [4.69, 9.17) is 11.6 Å². The first-order chi connectivity index (χ1) is 15.5. The van der Waals surface area contributed by atoms with Crippen molar-refractivity contribution in [1.29, 1.82) is 0 Å². The van der Waals surface area contributed by atoms with E-state index in [0.29, 0.717) is 15.0 Å². The average molecular weight is 483 g/mol. The fraction of sp³-hybridized carbons (Fsp3) is 0.0476. The molecule has 0 aromatic carbocycles. The third-order valence-corrected chi connectivity index (χ3v) is 6.78. The van der Waals surface area contributed by atoms with Gasteiger partial charge in [-0.15, -0.1) is 11.3 Å². The maximum absolute atomic E-state index is 12.5. The number of aromatic amines is 1. The molecule has 5 aromatic rings. The zero-order valence-corrected chi connectivity index (χ0v) is 18.9. The van der Waals surface area contributed by atoms with Crippen molar-refractivity contribution in [3.05, 3.63) is 80.9 Å². The summed E-state index contributed by atoms with van der Waals surface area (Å²) in [6.07, 6.45) is 5.19. The summed E-state index contributed by atoms with van der Waals surface area (Å²) in [4.78, 5) is 37.2. The molecule has 0 aliphatic carbocycles. The number of thiophene rings is 1. The van der Waals surface area contributed by atoms with Crippen molar-refractivity contribution in [1.82, 2.24) is 19.4 Å². The van der Waals surface area contributed by atoms with Crippen LogP contribution in [0.5, 0.6) is 0 Å². The monoisotopic (exact) mass is 482 g/mol. The van der Waals surface area contributed by atoms with Crippen molar-refractivity contribution < 1.29 is 4.79 Å². The number of hydrogen-bond donors (Lipinski definition) is 3. The Balaban J connectivity index is 1.34. The molecule has 8 nitrogen and oxygen atoms in total. The van der Waals surface area contributed by atoms with Crippen LogP contribution in [0.2, 0.25) is 5.02 Å². The molecule has 0 unspecified atom stereocenters. The molecule has 0 spiro atoms. The van der Waals surface area contributed by atoms with Crippen LogP contribution in [0.15, 0.2) is 59.8 Å². The van der Waals surface area contributed by atoms with Crippen molar-refractivity contribution in [2.75, 3.05) is 10.6 Å². The molecule has 0 fully saturated rings. The molecule has 160 valence electrons. The fourth-order valence-corrected chi connectivity index (χ4v) is 5.15. The molecule has 0 saturated heterocycles. The summed E-state index contributed by atoms with van der Waals surface area (Å²) >= 11 is 8.84. The highest BCUT2D eigenvalue weighted by atomic mass is 35.5. The van der Waals surface area contributed by atoms with Gasteiger partial charge in [0.15, 0.2) is 5.13 Å². The van der Waals surface area contributed by atoms with Crippen LogP contribution in [0, 0.1) is 6.92 Å². The largest absolute Gasteiger partial charge is 0.327 e. The van der Waals surface area contributed by atoms with Gasteiger partial charge in [-0.1, -0.05) is 22.9 Å². The number of nitrogens with zero attached hydrogens (tertiary/aromatic N) is 3. The third kappa shape index (κ3) is 3.91. The summed E-state index contributed by atoms with van der Waals surface area (Å²) in [5.41, 5.74) is 2.47. The summed E-state index contributed by atoms with van der Waals surface area (Å²) in [5, 5.41) is 7.95. The van der Waals surface area contributed by atoms with Crippen LogP contribution in [-0.2, 0) is 0 Å². The van der Waals surface area contributed by atoms with Crippen LogP contribution in [-0.4, -0.2) is 25.3 Å². The Morgan fingerprint density at radius 1 is 1.22 bits per heavy atom. The number of thiazole rings is 1. The van der Waals surface area contributed by atoms with Gasteiger partial charge in [0.05, 0.1) is 26.1 Å². The molecule has 0 saturated carbocycles. The molecule has 0 aliphatic heterocycles. The van der Waals surface area contributed by atoms with Crippen LogP contribution < -0.4 is 16.2 Å². The number of hydrogen-bond acceptors (Lipinski definition) is 7. The molecule has 0 radical (unpaired) electrons. The van der Waals surface area contributed by atoms with Gasteiger partial charge in [0.1, 0.15) is 11.3 Å². The quantitative estimate of drug-likeness (QED) is 0.321. The predicted octanol–water partition coefficient (Wildman–Crippen LogP) is 5.17. The van der Waals surface area contributed by atoms with Gasteiger partial charge in [-0.2, -0.15) is 0 Å². The van der Waals surface area contributed by atoms with E-state index in [9.17, 15) is 9.59 Å². The Morgan fingerprint density at radius 3 is 2.94 bits per heavy atom. The van der Waals surface area contributed by atoms with Crippen molar-refractivity contribution in [3.63, 3.8) is 0 Å². The first kappa shape index (κ1) is 20.4. The van der Waals surface area contributed by atoms with Gasteiger partial charge in [0, 0.05) is 29.7 Å². The summed E-state index contributed by atoms with van der Waals surface area (Å²) in [6.45, 7) is 1.95. The fourth-order valence-electron chi connectivity index (χ4n) is 3.21.